The van der Waals surface area contributed by atoms with E-state index in [0.29, 0.717) is 29.7 Å². The van der Waals surface area contributed by atoms with Crippen molar-refractivity contribution in [3.05, 3.63) is 57.3 Å². The van der Waals surface area contributed by atoms with Gasteiger partial charge in [0.1, 0.15) is 11.3 Å². The zero-order chi connectivity index (χ0) is 16.2. The van der Waals surface area contributed by atoms with Crippen molar-refractivity contribution in [2.24, 2.45) is 5.10 Å². The van der Waals surface area contributed by atoms with E-state index in [1.165, 1.54) is 6.21 Å². The number of H-pyrrole nitrogens is 1. The van der Waals surface area contributed by atoms with Crippen molar-refractivity contribution in [2.75, 3.05) is 0 Å². The molecular weight excluding hydrogens is 296 g/mol. The molecule has 1 amide bonds. The normalized spacial score (nSPS) is 13.7. The minimum absolute atomic E-state index is 0.238. The lowest BCUT2D eigenvalue weighted by atomic mass is 9.94. The van der Waals surface area contributed by atoms with Crippen molar-refractivity contribution in [3.63, 3.8) is 0 Å². The molecule has 7 heteroatoms. The third-order valence-corrected chi connectivity index (χ3v) is 3.77. The highest BCUT2D eigenvalue weighted by Crippen LogP contribution is 2.28. The number of hydrogen-bond acceptors (Lipinski definition) is 5. The summed E-state index contributed by atoms with van der Waals surface area (Å²) in [6.45, 7) is 0. The van der Waals surface area contributed by atoms with Gasteiger partial charge in [-0.05, 0) is 31.7 Å². The monoisotopic (exact) mass is 312 g/mol. The largest absolute Gasteiger partial charge is 0.507 e. The van der Waals surface area contributed by atoms with Crippen LogP contribution in [0.4, 0.5) is 0 Å². The number of rotatable bonds is 3. The lowest BCUT2D eigenvalue weighted by molar-refractivity contribution is 0.0950. The van der Waals surface area contributed by atoms with E-state index in [2.05, 4.69) is 20.5 Å². The number of hydrazone groups is 1. The van der Waals surface area contributed by atoms with Gasteiger partial charge in [0.25, 0.3) is 11.5 Å². The second-order valence-corrected chi connectivity index (χ2v) is 5.33. The number of aromatic hydroxyl groups is 1. The summed E-state index contributed by atoms with van der Waals surface area (Å²) >= 11 is 0. The molecule has 3 N–H and O–H groups in total. The molecule has 0 aromatic carbocycles. The molecule has 0 fully saturated rings. The number of nitrogens with one attached hydrogen (secondary N) is 2. The predicted octanol–water partition coefficient (Wildman–Crippen LogP) is 1.12. The fraction of sp³-hybridized carbons (Fsp3) is 0.250. The molecule has 0 bridgehead atoms. The maximum absolute atomic E-state index is 12.1. The Morgan fingerprint density at radius 1 is 1.39 bits per heavy atom. The highest BCUT2D eigenvalue weighted by Gasteiger charge is 2.23. The van der Waals surface area contributed by atoms with Crippen LogP contribution < -0.4 is 11.0 Å². The average Bonchev–Trinajstić information content (AvgIpc) is 2.56. The van der Waals surface area contributed by atoms with Gasteiger partial charge in [-0.25, -0.2) is 5.43 Å². The first-order valence-corrected chi connectivity index (χ1v) is 7.37. The molecule has 7 nitrogen and oxygen atoms in total. The van der Waals surface area contributed by atoms with Crippen LogP contribution >= 0.6 is 0 Å². The van der Waals surface area contributed by atoms with Crippen LogP contribution in [0, 0.1) is 0 Å². The van der Waals surface area contributed by atoms with Gasteiger partial charge in [0.15, 0.2) is 0 Å². The molecule has 1 aliphatic carbocycles. The summed E-state index contributed by atoms with van der Waals surface area (Å²) in [4.78, 5) is 30.8. The number of carbonyl (C=O) groups is 1. The first kappa shape index (κ1) is 15.0. The number of aryl methyl sites for hydroxylation is 1. The second-order valence-electron chi connectivity index (χ2n) is 5.33. The summed E-state index contributed by atoms with van der Waals surface area (Å²) in [5, 5.41) is 14.0. The van der Waals surface area contributed by atoms with Crippen LogP contribution in [0.3, 0.4) is 0 Å². The Bertz CT molecular complexity index is 812. The van der Waals surface area contributed by atoms with Crippen LogP contribution in [0.5, 0.6) is 5.75 Å². The molecule has 0 saturated heterocycles. The van der Waals surface area contributed by atoms with E-state index in [1.807, 2.05) is 0 Å². The predicted molar refractivity (Wildman–Crippen MR) is 84.7 cm³/mol. The maximum atomic E-state index is 12.1. The van der Waals surface area contributed by atoms with E-state index in [0.717, 1.165) is 12.8 Å². The van der Waals surface area contributed by atoms with Gasteiger partial charge in [0.05, 0.1) is 6.21 Å². The molecule has 0 unspecified atom stereocenters. The Morgan fingerprint density at radius 2 is 2.22 bits per heavy atom. The number of hydrogen-bond donors (Lipinski definition) is 3. The number of fused-ring (bicyclic) bond motifs is 1. The molecule has 0 aliphatic heterocycles. The maximum Gasteiger partial charge on any atom is 0.280 e. The number of pyridine rings is 2. The molecule has 23 heavy (non-hydrogen) atoms. The van der Waals surface area contributed by atoms with Crippen LogP contribution in [0.15, 0.2) is 34.4 Å². The summed E-state index contributed by atoms with van der Waals surface area (Å²) in [7, 11) is 0. The van der Waals surface area contributed by atoms with E-state index >= 15 is 0 Å². The third-order valence-electron chi connectivity index (χ3n) is 3.77. The standard InChI is InChI=1S/C16H16N4O3/c21-14-11-5-1-2-6-12(11)19-15(22)13(14)16(23)20-18-9-10-4-3-7-17-8-10/h3-4,7-9H,1-2,5-6H2,(H,20,23)(H2,19,21,22)/b18-9+. The molecule has 2 aromatic heterocycles. The SMILES string of the molecule is O=C(N/N=C/c1cccnc1)c1c(O)c2c([nH]c1=O)CCCC2. The third kappa shape index (κ3) is 3.13. The quantitative estimate of drug-likeness (QED) is 0.583. The summed E-state index contributed by atoms with van der Waals surface area (Å²) in [6.07, 6.45) is 7.86. The van der Waals surface area contributed by atoms with Gasteiger partial charge in [-0.1, -0.05) is 6.07 Å². The van der Waals surface area contributed by atoms with E-state index in [9.17, 15) is 14.7 Å². The lowest BCUT2D eigenvalue weighted by Gasteiger charge is -2.17. The van der Waals surface area contributed by atoms with Crippen LogP contribution in [0.2, 0.25) is 0 Å². The molecule has 118 valence electrons. The van der Waals surface area contributed by atoms with Gasteiger partial charge in [-0.15, -0.1) is 0 Å². The molecule has 0 spiro atoms. The highest BCUT2D eigenvalue weighted by atomic mass is 16.3. The molecule has 0 atom stereocenters. The minimum atomic E-state index is -0.739. The fourth-order valence-electron chi connectivity index (χ4n) is 2.65. The molecular formula is C16H16N4O3. The summed E-state index contributed by atoms with van der Waals surface area (Å²) < 4.78 is 0. The van der Waals surface area contributed by atoms with Crippen molar-refractivity contribution in [2.45, 2.75) is 25.7 Å². The number of amides is 1. The van der Waals surface area contributed by atoms with Crippen LogP contribution in [0.1, 0.15) is 40.0 Å². The Morgan fingerprint density at radius 3 is 3.00 bits per heavy atom. The van der Waals surface area contributed by atoms with E-state index in [4.69, 9.17) is 0 Å². The number of nitrogens with zero attached hydrogens (tertiary/aromatic N) is 2. The Kier molecular flexibility index (Phi) is 4.18. The highest BCUT2D eigenvalue weighted by molar-refractivity contribution is 5.97. The van der Waals surface area contributed by atoms with Gasteiger partial charge < -0.3 is 10.1 Å². The number of carbonyl (C=O) groups excluding carboxylic acids is 1. The van der Waals surface area contributed by atoms with Crippen molar-refractivity contribution in [1.82, 2.24) is 15.4 Å². The first-order valence-electron chi connectivity index (χ1n) is 7.37. The van der Waals surface area contributed by atoms with Crippen molar-refractivity contribution in [1.29, 1.82) is 0 Å². The summed E-state index contributed by atoms with van der Waals surface area (Å²) in [6, 6.07) is 3.51. The zero-order valence-corrected chi connectivity index (χ0v) is 12.4. The van der Waals surface area contributed by atoms with E-state index < -0.39 is 11.5 Å². The van der Waals surface area contributed by atoms with E-state index in [1.54, 1.807) is 24.5 Å². The van der Waals surface area contributed by atoms with Crippen molar-refractivity contribution < 1.29 is 9.90 Å². The van der Waals surface area contributed by atoms with Gasteiger partial charge >= 0.3 is 0 Å². The zero-order valence-electron chi connectivity index (χ0n) is 12.4. The molecule has 0 saturated carbocycles. The first-order chi connectivity index (χ1) is 11.2. The van der Waals surface area contributed by atoms with Gasteiger partial charge in [-0.2, -0.15) is 5.10 Å². The van der Waals surface area contributed by atoms with Gasteiger partial charge in [0, 0.05) is 29.2 Å². The van der Waals surface area contributed by atoms with Gasteiger partial charge in [-0.3, -0.25) is 14.6 Å². The molecule has 2 heterocycles. The second kappa shape index (κ2) is 6.43. The average molecular weight is 312 g/mol. The molecule has 3 rings (SSSR count). The smallest absolute Gasteiger partial charge is 0.280 e. The Balaban J connectivity index is 1.82. The summed E-state index contributed by atoms with van der Waals surface area (Å²) in [5.41, 5.74) is 3.43. The fourth-order valence-corrected chi connectivity index (χ4v) is 2.65. The van der Waals surface area contributed by atoms with Crippen LogP contribution in [-0.4, -0.2) is 27.2 Å². The van der Waals surface area contributed by atoms with Crippen LogP contribution in [0.25, 0.3) is 0 Å². The van der Waals surface area contributed by atoms with Crippen molar-refractivity contribution >= 4 is 12.1 Å². The van der Waals surface area contributed by atoms with Crippen LogP contribution in [-0.2, 0) is 12.8 Å². The van der Waals surface area contributed by atoms with Crippen molar-refractivity contribution in [3.8, 4) is 5.75 Å². The molecule has 2 aromatic rings. The Labute approximate surface area is 132 Å². The topological polar surface area (TPSA) is 107 Å². The number of aromatic nitrogens is 2. The number of aromatic amines is 1. The summed E-state index contributed by atoms with van der Waals surface area (Å²) in [5.74, 6) is -0.977. The molecule has 0 radical (unpaired) electrons. The lowest BCUT2D eigenvalue weighted by Crippen LogP contribution is -2.29. The minimum Gasteiger partial charge on any atom is -0.507 e. The molecule has 1 aliphatic rings. The van der Waals surface area contributed by atoms with E-state index in [-0.39, 0.29) is 11.3 Å². The van der Waals surface area contributed by atoms with Gasteiger partial charge in [0.2, 0.25) is 0 Å². The Hall–Kier alpha value is -2.96.